The first-order valence-corrected chi connectivity index (χ1v) is 7.85. The number of piperidine rings is 1. The summed E-state index contributed by atoms with van der Waals surface area (Å²) in [7, 11) is 0. The van der Waals surface area contributed by atoms with Crippen molar-refractivity contribution in [3.05, 3.63) is 35.9 Å². The number of amides is 2. The summed E-state index contributed by atoms with van der Waals surface area (Å²) >= 11 is 5.58. The lowest BCUT2D eigenvalue weighted by Gasteiger charge is -2.53. The van der Waals surface area contributed by atoms with E-state index in [1.807, 2.05) is 40.1 Å². The van der Waals surface area contributed by atoms with Crippen molar-refractivity contribution < 1.29 is 9.59 Å². The second-order valence-electron chi connectivity index (χ2n) is 6.04. The molecule has 0 unspecified atom stereocenters. The molecule has 112 valence electrons. The highest BCUT2D eigenvalue weighted by Crippen LogP contribution is 2.40. The lowest BCUT2D eigenvalue weighted by atomic mass is 9.72. The molecule has 0 atom stereocenters. The lowest BCUT2D eigenvalue weighted by molar-refractivity contribution is -0.143. The summed E-state index contributed by atoms with van der Waals surface area (Å²) in [5.41, 5.74) is 0.968. The van der Waals surface area contributed by atoms with Crippen LogP contribution in [0.5, 0.6) is 0 Å². The fourth-order valence-electron chi connectivity index (χ4n) is 3.29. The Bertz CT molecular complexity index is 530. The van der Waals surface area contributed by atoms with E-state index >= 15 is 0 Å². The number of benzene rings is 1. The van der Waals surface area contributed by atoms with Crippen LogP contribution in [0.3, 0.4) is 0 Å². The van der Waals surface area contributed by atoms with Crippen LogP contribution < -0.4 is 0 Å². The Kier molecular flexibility index (Phi) is 3.89. The van der Waals surface area contributed by atoms with Crippen LogP contribution in [-0.4, -0.2) is 53.7 Å². The molecular weight excluding hydrogens is 288 g/mol. The third-order valence-electron chi connectivity index (χ3n) is 4.65. The minimum atomic E-state index is 0.0186. The van der Waals surface area contributed by atoms with E-state index in [0.29, 0.717) is 0 Å². The highest BCUT2D eigenvalue weighted by molar-refractivity contribution is 6.27. The first-order chi connectivity index (χ1) is 10.1. The topological polar surface area (TPSA) is 40.6 Å². The van der Waals surface area contributed by atoms with Gasteiger partial charge in [-0.05, 0) is 25.0 Å². The fourth-order valence-corrected chi connectivity index (χ4v) is 3.46. The highest BCUT2D eigenvalue weighted by Gasteiger charge is 2.46. The van der Waals surface area contributed by atoms with E-state index in [9.17, 15) is 9.59 Å². The predicted molar refractivity (Wildman–Crippen MR) is 81.3 cm³/mol. The van der Waals surface area contributed by atoms with Crippen LogP contribution in [0, 0.1) is 5.41 Å². The van der Waals surface area contributed by atoms with Gasteiger partial charge in [0.15, 0.2) is 0 Å². The molecule has 2 fully saturated rings. The molecule has 2 heterocycles. The van der Waals surface area contributed by atoms with E-state index in [4.69, 9.17) is 11.6 Å². The first-order valence-electron chi connectivity index (χ1n) is 7.32. The Morgan fingerprint density at radius 2 is 1.67 bits per heavy atom. The number of nitrogens with zero attached hydrogens (tertiary/aromatic N) is 2. The van der Waals surface area contributed by atoms with Gasteiger partial charge in [-0.25, -0.2) is 0 Å². The normalized spacial score (nSPS) is 20.2. The number of alkyl halides is 1. The SMILES string of the molecule is O=C(CCl)N1CC2(CCN(C(=O)c3ccccc3)CC2)C1. The Labute approximate surface area is 129 Å². The minimum absolute atomic E-state index is 0.0186. The molecule has 5 heteroatoms. The number of carbonyl (C=O) groups excluding carboxylic acids is 2. The summed E-state index contributed by atoms with van der Waals surface area (Å²) in [6.45, 7) is 3.14. The number of hydrogen-bond donors (Lipinski definition) is 0. The van der Waals surface area contributed by atoms with Crippen LogP contribution in [0.2, 0.25) is 0 Å². The highest BCUT2D eigenvalue weighted by atomic mass is 35.5. The Balaban J connectivity index is 1.55. The molecule has 0 saturated carbocycles. The molecule has 1 aromatic rings. The molecule has 2 saturated heterocycles. The molecule has 21 heavy (non-hydrogen) atoms. The molecular formula is C16H19ClN2O2. The van der Waals surface area contributed by atoms with Crippen molar-refractivity contribution >= 4 is 23.4 Å². The van der Waals surface area contributed by atoms with Crippen LogP contribution in [0.25, 0.3) is 0 Å². The van der Waals surface area contributed by atoms with Crippen LogP contribution in [0.1, 0.15) is 23.2 Å². The average Bonchev–Trinajstić information content (AvgIpc) is 2.52. The summed E-state index contributed by atoms with van der Waals surface area (Å²) in [5, 5.41) is 0. The molecule has 0 bridgehead atoms. The molecule has 0 radical (unpaired) electrons. The van der Waals surface area contributed by atoms with Gasteiger partial charge < -0.3 is 9.80 Å². The third-order valence-corrected chi connectivity index (χ3v) is 4.88. The van der Waals surface area contributed by atoms with E-state index < -0.39 is 0 Å². The number of halogens is 1. The van der Waals surface area contributed by atoms with Gasteiger partial charge in [0.25, 0.3) is 5.91 Å². The van der Waals surface area contributed by atoms with Crippen molar-refractivity contribution in [2.75, 3.05) is 32.1 Å². The summed E-state index contributed by atoms with van der Waals surface area (Å²) < 4.78 is 0. The Hall–Kier alpha value is -1.55. The second-order valence-corrected chi connectivity index (χ2v) is 6.31. The number of rotatable bonds is 2. The zero-order valence-corrected chi connectivity index (χ0v) is 12.7. The molecule has 0 aromatic heterocycles. The molecule has 1 spiro atoms. The molecule has 4 nitrogen and oxygen atoms in total. The van der Waals surface area contributed by atoms with Gasteiger partial charge in [0.1, 0.15) is 5.88 Å². The van der Waals surface area contributed by atoms with Crippen molar-refractivity contribution in [1.29, 1.82) is 0 Å². The van der Waals surface area contributed by atoms with Gasteiger partial charge in [0.05, 0.1) is 0 Å². The van der Waals surface area contributed by atoms with Gasteiger partial charge in [-0.2, -0.15) is 0 Å². The number of likely N-dealkylation sites (tertiary alicyclic amines) is 2. The first kappa shape index (κ1) is 14.4. The largest absolute Gasteiger partial charge is 0.340 e. The third kappa shape index (κ3) is 2.77. The van der Waals surface area contributed by atoms with Crippen LogP contribution in [0.15, 0.2) is 30.3 Å². The van der Waals surface area contributed by atoms with Crippen molar-refractivity contribution in [3.63, 3.8) is 0 Å². The van der Waals surface area contributed by atoms with E-state index in [-0.39, 0.29) is 23.1 Å². The van der Waals surface area contributed by atoms with Gasteiger partial charge in [0, 0.05) is 37.2 Å². The number of carbonyl (C=O) groups is 2. The van der Waals surface area contributed by atoms with E-state index in [2.05, 4.69) is 0 Å². The van der Waals surface area contributed by atoms with Crippen LogP contribution >= 0.6 is 11.6 Å². The summed E-state index contributed by atoms with van der Waals surface area (Å²) in [5.74, 6) is 0.192. The van der Waals surface area contributed by atoms with Crippen molar-refractivity contribution in [2.45, 2.75) is 12.8 Å². The second kappa shape index (κ2) is 5.68. The van der Waals surface area contributed by atoms with Gasteiger partial charge in [-0.3, -0.25) is 9.59 Å². The standard InChI is InChI=1S/C16H19ClN2O2/c17-10-14(20)19-11-16(12-19)6-8-18(9-7-16)15(21)13-4-2-1-3-5-13/h1-5H,6-12H2. The van der Waals surface area contributed by atoms with E-state index in [1.54, 1.807) is 0 Å². The van der Waals surface area contributed by atoms with Gasteiger partial charge >= 0.3 is 0 Å². The molecule has 0 aliphatic carbocycles. The number of hydrogen-bond acceptors (Lipinski definition) is 2. The maximum atomic E-state index is 12.4. The Morgan fingerprint density at radius 3 is 2.24 bits per heavy atom. The zero-order chi connectivity index (χ0) is 14.9. The van der Waals surface area contributed by atoms with Gasteiger partial charge in [-0.15, -0.1) is 11.6 Å². The van der Waals surface area contributed by atoms with Crippen LogP contribution in [0.4, 0.5) is 0 Å². The van der Waals surface area contributed by atoms with E-state index in [1.165, 1.54) is 0 Å². The van der Waals surface area contributed by atoms with Gasteiger partial charge in [0.2, 0.25) is 5.91 Å². The lowest BCUT2D eigenvalue weighted by Crippen LogP contribution is -2.62. The van der Waals surface area contributed by atoms with Crippen molar-refractivity contribution in [1.82, 2.24) is 9.80 Å². The molecule has 0 N–H and O–H groups in total. The smallest absolute Gasteiger partial charge is 0.253 e. The maximum Gasteiger partial charge on any atom is 0.253 e. The quantitative estimate of drug-likeness (QED) is 0.784. The monoisotopic (exact) mass is 306 g/mol. The molecule has 2 aliphatic heterocycles. The van der Waals surface area contributed by atoms with Gasteiger partial charge in [-0.1, -0.05) is 18.2 Å². The molecule has 2 aliphatic rings. The molecule has 1 aromatic carbocycles. The summed E-state index contributed by atoms with van der Waals surface area (Å²) in [4.78, 5) is 27.6. The molecule has 2 amide bonds. The van der Waals surface area contributed by atoms with E-state index in [0.717, 1.165) is 44.6 Å². The molecule has 3 rings (SSSR count). The fraction of sp³-hybridized carbons (Fsp3) is 0.500. The Morgan fingerprint density at radius 1 is 1.05 bits per heavy atom. The minimum Gasteiger partial charge on any atom is -0.340 e. The summed E-state index contributed by atoms with van der Waals surface area (Å²) in [6.07, 6.45) is 1.94. The van der Waals surface area contributed by atoms with Crippen LogP contribution in [-0.2, 0) is 4.79 Å². The summed E-state index contributed by atoms with van der Waals surface area (Å²) in [6, 6.07) is 9.41. The predicted octanol–water partition coefficient (Wildman–Crippen LogP) is 1.99. The van der Waals surface area contributed by atoms with Crippen molar-refractivity contribution in [3.8, 4) is 0 Å². The van der Waals surface area contributed by atoms with Crippen molar-refractivity contribution in [2.24, 2.45) is 5.41 Å². The zero-order valence-electron chi connectivity index (χ0n) is 11.9. The maximum absolute atomic E-state index is 12.4. The average molecular weight is 307 g/mol.